The quantitative estimate of drug-likeness (QED) is 0.732. The van der Waals surface area contributed by atoms with Crippen LogP contribution in [0.4, 0.5) is 0 Å². The number of nitrogens with one attached hydrogen (secondary N) is 1. The fourth-order valence-corrected chi connectivity index (χ4v) is 4.36. The van der Waals surface area contributed by atoms with E-state index in [-0.39, 0.29) is 18.1 Å². The zero-order valence-electron chi connectivity index (χ0n) is 18.0. The van der Waals surface area contributed by atoms with Gasteiger partial charge in [-0.1, -0.05) is 6.08 Å². The number of ether oxygens (including phenoxy) is 2. The minimum Gasteiger partial charge on any atom is -0.472 e. The highest BCUT2D eigenvalue weighted by Gasteiger charge is 2.35. The largest absolute Gasteiger partial charge is 0.472 e. The summed E-state index contributed by atoms with van der Waals surface area (Å²) in [6.07, 6.45) is 9.81. The highest BCUT2D eigenvalue weighted by molar-refractivity contribution is 5.88. The average molecular weight is 414 g/mol. The van der Waals surface area contributed by atoms with Crippen molar-refractivity contribution in [2.75, 3.05) is 40.4 Å². The first kappa shape index (κ1) is 20.8. The van der Waals surface area contributed by atoms with Crippen molar-refractivity contribution in [1.29, 1.82) is 0 Å². The third-order valence-electron chi connectivity index (χ3n) is 6.09. The van der Waals surface area contributed by atoms with Gasteiger partial charge in [0, 0.05) is 45.0 Å². The molecule has 2 saturated heterocycles. The smallest absolute Gasteiger partial charge is 0.246 e. The second-order valence-electron chi connectivity index (χ2n) is 8.41. The number of H-pyrrole nitrogens is 1. The fraction of sp³-hybridized carbons (Fsp3) is 0.591. The van der Waals surface area contributed by atoms with Crippen molar-refractivity contribution in [3.8, 4) is 5.88 Å². The van der Waals surface area contributed by atoms with Crippen molar-refractivity contribution in [3.05, 3.63) is 30.2 Å². The van der Waals surface area contributed by atoms with Crippen LogP contribution >= 0.6 is 0 Å². The minimum absolute atomic E-state index is 0.0167. The van der Waals surface area contributed by atoms with E-state index < -0.39 is 0 Å². The van der Waals surface area contributed by atoms with E-state index in [9.17, 15) is 4.79 Å². The lowest BCUT2D eigenvalue weighted by Crippen LogP contribution is -2.38. The molecule has 2 aliphatic rings. The lowest BCUT2D eigenvalue weighted by atomic mass is 9.92. The van der Waals surface area contributed by atoms with Gasteiger partial charge in [-0.15, -0.1) is 0 Å². The van der Waals surface area contributed by atoms with E-state index in [0.29, 0.717) is 18.3 Å². The van der Waals surface area contributed by atoms with E-state index in [1.54, 1.807) is 6.08 Å². The predicted octanol–water partition coefficient (Wildman–Crippen LogP) is 2.34. The molecule has 0 saturated carbocycles. The van der Waals surface area contributed by atoms with Gasteiger partial charge in [0.2, 0.25) is 11.8 Å². The highest BCUT2D eigenvalue weighted by atomic mass is 16.5. The lowest BCUT2D eigenvalue weighted by Gasteiger charge is -2.25. The predicted molar refractivity (Wildman–Crippen MR) is 115 cm³/mol. The highest BCUT2D eigenvalue weighted by Crippen LogP contribution is 2.36. The van der Waals surface area contributed by atoms with E-state index in [2.05, 4.69) is 15.0 Å². The normalized spacial score (nSPS) is 23.1. The Hall–Kier alpha value is -2.45. The number of fused-ring (bicyclic) bond motifs is 1. The summed E-state index contributed by atoms with van der Waals surface area (Å²) in [5.74, 6) is 1.06. The molecule has 2 aromatic heterocycles. The van der Waals surface area contributed by atoms with Crippen LogP contribution in [0.15, 0.2) is 24.7 Å². The maximum atomic E-state index is 12.6. The molecule has 2 aliphatic heterocycles. The summed E-state index contributed by atoms with van der Waals surface area (Å²) in [4.78, 5) is 28.6. The Balaban J connectivity index is 1.50. The van der Waals surface area contributed by atoms with Gasteiger partial charge in [-0.05, 0) is 45.3 Å². The summed E-state index contributed by atoms with van der Waals surface area (Å²) in [6.45, 7) is 5.03. The second kappa shape index (κ2) is 9.14. The van der Waals surface area contributed by atoms with E-state index >= 15 is 0 Å². The molecule has 1 amide bonds. The molecule has 0 aliphatic carbocycles. The Kier molecular flexibility index (Phi) is 6.34. The zero-order chi connectivity index (χ0) is 21.1. The van der Waals surface area contributed by atoms with Gasteiger partial charge in [0.25, 0.3) is 0 Å². The summed E-state index contributed by atoms with van der Waals surface area (Å²) in [5, 5.41) is 0.965. The summed E-state index contributed by atoms with van der Waals surface area (Å²) >= 11 is 0. The molecule has 0 bridgehead atoms. The molecule has 30 heavy (non-hydrogen) atoms. The second-order valence-corrected chi connectivity index (χ2v) is 8.41. The number of amides is 1. The van der Waals surface area contributed by atoms with Gasteiger partial charge in [-0.25, -0.2) is 9.97 Å². The first-order chi connectivity index (χ1) is 14.5. The molecule has 2 atom stereocenters. The molecule has 1 N–H and O–H groups in total. The first-order valence-electron chi connectivity index (χ1n) is 10.7. The van der Waals surface area contributed by atoms with Crippen molar-refractivity contribution < 1.29 is 14.3 Å². The lowest BCUT2D eigenvalue weighted by molar-refractivity contribution is -0.127. The van der Waals surface area contributed by atoms with Crippen LogP contribution in [0, 0.1) is 0 Å². The monoisotopic (exact) mass is 413 g/mol. The fourth-order valence-electron chi connectivity index (χ4n) is 4.36. The van der Waals surface area contributed by atoms with Crippen LogP contribution in [-0.4, -0.2) is 83.2 Å². The molecule has 4 heterocycles. The average Bonchev–Trinajstić information content (AvgIpc) is 3.33. The summed E-state index contributed by atoms with van der Waals surface area (Å²) in [5.41, 5.74) is 2.00. The van der Waals surface area contributed by atoms with Gasteiger partial charge in [0.15, 0.2) is 0 Å². The van der Waals surface area contributed by atoms with Gasteiger partial charge >= 0.3 is 0 Å². The third kappa shape index (κ3) is 4.34. The van der Waals surface area contributed by atoms with Gasteiger partial charge in [0.1, 0.15) is 18.1 Å². The molecular weight excluding hydrogens is 382 g/mol. The Labute approximate surface area is 177 Å². The summed E-state index contributed by atoms with van der Waals surface area (Å²) < 4.78 is 11.9. The van der Waals surface area contributed by atoms with E-state index in [4.69, 9.17) is 9.47 Å². The third-order valence-corrected chi connectivity index (χ3v) is 6.09. The standard InChI is InChI=1S/C22H31N5O3/c1-15-18(6-10-27(15)19(28)5-4-9-26(2)3)30-22-20-17(16-7-11-29-12-8-16)13-23-21(20)24-14-25-22/h4-5,13-16,18H,6-12H2,1-3H3,(H,23,24,25)/b5-4+/t15-,18-/m1/s1. The van der Waals surface area contributed by atoms with Crippen molar-refractivity contribution >= 4 is 16.9 Å². The van der Waals surface area contributed by atoms with Crippen LogP contribution in [0.2, 0.25) is 0 Å². The molecule has 2 fully saturated rings. The number of aromatic nitrogens is 3. The van der Waals surface area contributed by atoms with Crippen molar-refractivity contribution in [1.82, 2.24) is 24.8 Å². The number of hydrogen-bond acceptors (Lipinski definition) is 6. The number of carbonyl (C=O) groups excluding carboxylic acids is 1. The van der Waals surface area contributed by atoms with E-state index in [0.717, 1.165) is 50.1 Å². The molecule has 8 nitrogen and oxygen atoms in total. The molecule has 4 rings (SSSR count). The number of likely N-dealkylation sites (N-methyl/N-ethyl adjacent to an activating group) is 1. The molecule has 162 valence electrons. The number of hydrogen-bond donors (Lipinski definition) is 1. The number of rotatable bonds is 6. The van der Waals surface area contributed by atoms with Gasteiger partial charge in [0.05, 0.1) is 11.4 Å². The van der Waals surface area contributed by atoms with E-state index in [1.807, 2.05) is 43.1 Å². The molecule has 0 unspecified atom stereocenters. The van der Waals surface area contributed by atoms with Gasteiger partial charge in [-0.3, -0.25) is 4.79 Å². The van der Waals surface area contributed by atoms with E-state index in [1.165, 1.54) is 11.9 Å². The van der Waals surface area contributed by atoms with Crippen LogP contribution in [0.25, 0.3) is 11.0 Å². The summed E-state index contributed by atoms with van der Waals surface area (Å²) in [6, 6.07) is -0.0167. The van der Waals surface area contributed by atoms with Crippen LogP contribution in [0.5, 0.6) is 5.88 Å². The Morgan fingerprint density at radius 3 is 2.90 bits per heavy atom. The van der Waals surface area contributed by atoms with Crippen molar-refractivity contribution in [2.24, 2.45) is 0 Å². The van der Waals surface area contributed by atoms with Gasteiger partial charge < -0.3 is 24.3 Å². The first-order valence-corrected chi connectivity index (χ1v) is 10.7. The van der Waals surface area contributed by atoms with Crippen molar-refractivity contribution in [2.45, 2.75) is 44.2 Å². The topological polar surface area (TPSA) is 83.6 Å². The zero-order valence-corrected chi connectivity index (χ0v) is 18.0. The SMILES string of the molecule is C[C@@H]1[C@H](Oc2ncnc3[nH]cc(C4CCOCC4)c23)CCN1C(=O)/C=C/CN(C)C. The maximum absolute atomic E-state index is 12.6. The van der Waals surface area contributed by atoms with Crippen LogP contribution in [-0.2, 0) is 9.53 Å². The molecule has 0 spiro atoms. The van der Waals surface area contributed by atoms with Crippen LogP contribution in [0.1, 0.15) is 37.7 Å². The number of carbonyl (C=O) groups is 1. The van der Waals surface area contributed by atoms with Crippen LogP contribution in [0.3, 0.4) is 0 Å². The Morgan fingerprint density at radius 2 is 2.13 bits per heavy atom. The molecule has 0 radical (unpaired) electrons. The molecule has 2 aromatic rings. The minimum atomic E-state index is -0.0910. The summed E-state index contributed by atoms with van der Waals surface area (Å²) in [7, 11) is 3.96. The molecule has 8 heteroatoms. The number of likely N-dealkylation sites (tertiary alicyclic amines) is 1. The Bertz CT molecular complexity index is 903. The maximum Gasteiger partial charge on any atom is 0.246 e. The number of nitrogens with zero attached hydrogens (tertiary/aromatic N) is 4. The van der Waals surface area contributed by atoms with Crippen LogP contribution < -0.4 is 4.74 Å². The van der Waals surface area contributed by atoms with Crippen molar-refractivity contribution in [3.63, 3.8) is 0 Å². The molecule has 0 aromatic carbocycles. The molecular formula is C22H31N5O3. The van der Waals surface area contributed by atoms with Gasteiger partial charge in [-0.2, -0.15) is 0 Å². The Morgan fingerprint density at radius 1 is 1.33 bits per heavy atom. The number of aromatic amines is 1.